The Morgan fingerprint density at radius 1 is 1.31 bits per heavy atom. The lowest BCUT2D eigenvalue weighted by molar-refractivity contribution is -0.116. The van der Waals surface area contributed by atoms with Crippen LogP contribution in [0.15, 0.2) is 40.3 Å². The zero-order valence-electron chi connectivity index (χ0n) is 17.1. The van der Waals surface area contributed by atoms with Crippen LogP contribution >= 0.6 is 11.8 Å². The van der Waals surface area contributed by atoms with Crippen LogP contribution in [0.4, 0.5) is 5.69 Å². The minimum Gasteiger partial charge on any atom is -0.353 e. The Morgan fingerprint density at radius 3 is 2.90 bits per heavy atom. The smallest absolute Gasteiger partial charge is 0.278 e. The van der Waals surface area contributed by atoms with Gasteiger partial charge in [0.15, 0.2) is 5.16 Å². The van der Waals surface area contributed by atoms with E-state index in [1.54, 1.807) is 4.57 Å². The van der Waals surface area contributed by atoms with Crippen molar-refractivity contribution in [1.82, 2.24) is 14.5 Å². The molecule has 0 radical (unpaired) electrons. The van der Waals surface area contributed by atoms with Gasteiger partial charge < -0.3 is 9.88 Å². The molecule has 0 saturated heterocycles. The summed E-state index contributed by atoms with van der Waals surface area (Å²) in [4.78, 5) is 35.7. The van der Waals surface area contributed by atoms with Gasteiger partial charge in [0.25, 0.3) is 5.56 Å². The number of para-hydroxylation sites is 1. The van der Waals surface area contributed by atoms with Crippen molar-refractivity contribution in [2.24, 2.45) is 5.92 Å². The van der Waals surface area contributed by atoms with Crippen LogP contribution in [0.1, 0.15) is 31.5 Å². The molecule has 0 unspecified atom stereocenters. The van der Waals surface area contributed by atoms with Gasteiger partial charge in [0.2, 0.25) is 5.91 Å². The van der Waals surface area contributed by atoms with Crippen LogP contribution in [-0.4, -0.2) is 32.7 Å². The van der Waals surface area contributed by atoms with E-state index in [2.05, 4.69) is 24.9 Å². The number of amides is 1. The lowest BCUT2D eigenvalue weighted by Crippen LogP contribution is -2.37. The molecular weight excluding hydrogens is 384 g/mol. The fraction of sp³-hybridized carbons (Fsp3) is 0.409. The molecule has 0 aliphatic carbocycles. The maximum Gasteiger partial charge on any atom is 0.278 e. The minimum absolute atomic E-state index is 0.0536. The third-order valence-corrected chi connectivity index (χ3v) is 6.08. The predicted molar refractivity (Wildman–Crippen MR) is 118 cm³/mol. The molecule has 0 fully saturated rings. The predicted octanol–water partition coefficient (Wildman–Crippen LogP) is 3.76. The summed E-state index contributed by atoms with van der Waals surface area (Å²) in [7, 11) is 0. The fourth-order valence-electron chi connectivity index (χ4n) is 3.84. The van der Waals surface area contributed by atoms with E-state index < -0.39 is 0 Å². The van der Waals surface area contributed by atoms with E-state index in [4.69, 9.17) is 4.98 Å². The van der Waals surface area contributed by atoms with Crippen LogP contribution in [0.2, 0.25) is 0 Å². The number of hydrogen-bond acceptors (Lipinski definition) is 4. The van der Waals surface area contributed by atoms with Gasteiger partial charge in [0.05, 0.1) is 11.3 Å². The van der Waals surface area contributed by atoms with Gasteiger partial charge in [0.1, 0.15) is 5.52 Å². The first kappa shape index (κ1) is 19.8. The summed E-state index contributed by atoms with van der Waals surface area (Å²) < 4.78 is 1.70. The molecule has 4 rings (SSSR count). The number of H-pyrrole nitrogens is 1. The van der Waals surface area contributed by atoms with Gasteiger partial charge >= 0.3 is 0 Å². The summed E-state index contributed by atoms with van der Waals surface area (Å²) in [5.41, 5.74) is 4.25. The molecule has 6 nitrogen and oxygen atoms in total. The number of nitrogens with zero attached hydrogens (tertiary/aromatic N) is 3. The van der Waals surface area contributed by atoms with E-state index in [9.17, 15) is 9.59 Å². The molecule has 7 heteroatoms. The zero-order valence-corrected chi connectivity index (χ0v) is 17.9. The standard InChI is InChI=1S/C22H26N4O2S/c1-14(2)12-26-21(28)20-17(11-15(3)23-20)24-22(26)29-13-19(27)25-10-6-8-16-7-4-5-9-18(16)25/h4-5,7,9,11,14,23H,6,8,10,12-13H2,1-3H3. The first-order chi connectivity index (χ1) is 13.9. The molecule has 29 heavy (non-hydrogen) atoms. The summed E-state index contributed by atoms with van der Waals surface area (Å²) in [6.45, 7) is 7.36. The number of benzene rings is 1. The maximum absolute atomic E-state index is 13.0. The monoisotopic (exact) mass is 410 g/mol. The van der Waals surface area contributed by atoms with Crippen molar-refractivity contribution in [2.75, 3.05) is 17.2 Å². The second-order valence-electron chi connectivity index (χ2n) is 7.98. The highest BCUT2D eigenvalue weighted by molar-refractivity contribution is 7.99. The van der Waals surface area contributed by atoms with Crippen LogP contribution < -0.4 is 10.5 Å². The first-order valence-corrected chi connectivity index (χ1v) is 11.0. The number of carbonyl (C=O) groups is 1. The number of anilines is 1. The highest BCUT2D eigenvalue weighted by Crippen LogP contribution is 2.28. The van der Waals surface area contributed by atoms with E-state index in [1.165, 1.54) is 17.3 Å². The highest BCUT2D eigenvalue weighted by atomic mass is 32.2. The van der Waals surface area contributed by atoms with Gasteiger partial charge in [0, 0.05) is 24.5 Å². The van der Waals surface area contributed by atoms with Gasteiger partial charge in [-0.1, -0.05) is 43.8 Å². The van der Waals surface area contributed by atoms with Crippen molar-refractivity contribution < 1.29 is 4.79 Å². The first-order valence-electron chi connectivity index (χ1n) is 10.0. The molecular formula is C22H26N4O2S. The quantitative estimate of drug-likeness (QED) is 0.514. The number of aromatic nitrogens is 3. The molecule has 1 N–H and O–H groups in total. The van der Waals surface area contributed by atoms with Gasteiger partial charge in [-0.3, -0.25) is 14.2 Å². The number of aromatic amines is 1. The number of nitrogens with one attached hydrogen (secondary N) is 1. The van der Waals surface area contributed by atoms with Crippen molar-refractivity contribution in [3.05, 3.63) is 51.9 Å². The number of aryl methyl sites for hydroxylation is 2. The van der Waals surface area contributed by atoms with Crippen molar-refractivity contribution in [1.29, 1.82) is 0 Å². The SMILES string of the molecule is Cc1cc2nc(SCC(=O)N3CCCc4ccccc43)n(CC(C)C)c(=O)c2[nH]1. The second-order valence-corrected chi connectivity index (χ2v) is 8.93. The topological polar surface area (TPSA) is 71.0 Å². The van der Waals surface area contributed by atoms with Crippen LogP contribution in [-0.2, 0) is 17.8 Å². The maximum atomic E-state index is 13.0. The molecule has 1 amide bonds. The van der Waals surface area contributed by atoms with Crippen molar-refractivity contribution >= 4 is 34.4 Å². The van der Waals surface area contributed by atoms with E-state index in [0.29, 0.717) is 28.7 Å². The van der Waals surface area contributed by atoms with Crippen molar-refractivity contribution in [3.8, 4) is 0 Å². The Labute approximate surface area is 174 Å². The normalized spacial score (nSPS) is 13.9. The van der Waals surface area contributed by atoms with Crippen molar-refractivity contribution in [2.45, 2.75) is 45.3 Å². The number of thioether (sulfide) groups is 1. The summed E-state index contributed by atoms with van der Waals surface area (Å²) in [6, 6.07) is 9.97. The minimum atomic E-state index is -0.0740. The zero-order chi connectivity index (χ0) is 20.5. The van der Waals surface area contributed by atoms with E-state index in [1.807, 2.05) is 36.1 Å². The number of rotatable bonds is 5. The molecule has 152 valence electrons. The molecule has 1 aliphatic heterocycles. The average Bonchev–Trinajstić information content (AvgIpc) is 3.08. The number of fused-ring (bicyclic) bond motifs is 2. The Balaban J connectivity index is 1.61. The summed E-state index contributed by atoms with van der Waals surface area (Å²) >= 11 is 1.35. The average molecular weight is 411 g/mol. The number of carbonyl (C=O) groups excluding carboxylic acids is 1. The molecule has 0 saturated carbocycles. The molecule has 1 aromatic carbocycles. The lowest BCUT2D eigenvalue weighted by Gasteiger charge is -2.29. The largest absolute Gasteiger partial charge is 0.353 e. The Bertz CT molecular complexity index is 1120. The molecule has 2 aromatic heterocycles. The van der Waals surface area contributed by atoms with E-state index in [-0.39, 0.29) is 17.2 Å². The van der Waals surface area contributed by atoms with Gasteiger partial charge in [-0.15, -0.1) is 0 Å². The molecule has 0 spiro atoms. The highest BCUT2D eigenvalue weighted by Gasteiger charge is 2.23. The summed E-state index contributed by atoms with van der Waals surface area (Å²) in [6.07, 6.45) is 1.98. The summed E-state index contributed by atoms with van der Waals surface area (Å²) in [5.74, 6) is 0.609. The lowest BCUT2D eigenvalue weighted by atomic mass is 10.0. The molecule has 3 heterocycles. The van der Waals surface area contributed by atoms with Crippen LogP contribution in [0.3, 0.4) is 0 Å². The molecule has 0 bridgehead atoms. The van der Waals surface area contributed by atoms with E-state index in [0.717, 1.165) is 30.8 Å². The Morgan fingerprint density at radius 2 is 2.10 bits per heavy atom. The molecule has 1 aliphatic rings. The van der Waals surface area contributed by atoms with Crippen molar-refractivity contribution in [3.63, 3.8) is 0 Å². The van der Waals surface area contributed by atoms with Crippen LogP contribution in [0.5, 0.6) is 0 Å². The fourth-order valence-corrected chi connectivity index (χ4v) is 4.73. The van der Waals surface area contributed by atoms with E-state index >= 15 is 0 Å². The molecule has 3 aromatic rings. The van der Waals surface area contributed by atoms with Crippen LogP contribution in [0, 0.1) is 12.8 Å². The Kier molecular flexibility index (Phi) is 5.50. The third kappa shape index (κ3) is 3.96. The van der Waals surface area contributed by atoms with Gasteiger partial charge in [-0.05, 0) is 43.4 Å². The van der Waals surface area contributed by atoms with Crippen LogP contribution in [0.25, 0.3) is 11.0 Å². The second kappa shape index (κ2) is 8.06. The molecule has 0 atom stereocenters. The Hall–Kier alpha value is -2.54. The van der Waals surface area contributed by atoms with Gasteiger partial charge in [-0.2, -0.15) is 0 Å². The summed E-state index contributed by atoms with van der Waals surface area (Å²) in [5, 5.41) is 0.605. The number of hydrogen-bond donors (Lipinski definition) is 1. The third-order valence-electron chi connectivity index (χ3n) is 5.12. The van der Waals surface area contributed by atoms with Gasteiger partial charge in [-0.25, -0.2) is 4.98 Å².